The smallest absolute Gasteiger partial charge is 0.274 e. The average molecular weight is 390 g/mol. The molecule has 1 saturated heterocycles. The zero-order valence-corrected chi connectivity index (χ0v) is 14.4. The SMILES string of the molecule is O=CN1CCN(c2cc(C(=O)Nc3ccc(Br)cc3)ncn2)CC1. The molecular weight excluding hydrogens is 374 g/mol. The highest BCUT2D eigenvalue weighted by Crippen LogP contribution is 2.17. The first-order chi connectivity index (χ1) is 11.7. The van der Waals surface area contributed by atoms with Crippen LogP contribution in [0, 0.1) is 0 Å². The number of carbonyl (C=O) groups is 2. The Kier molecular flexibility index (Phi) is 5.05. The third-order valence-electron chi connectivity index (χ3n) is 3.77. The van der Waals surface area contributed by atoms with E-state index in [1.54, 1.807) is 11.0 Å². The third-order valence-corrected chi connectivity index (χ3v) is 4.30. The van der Waals surface area contributed by atoms with Gasteiger partial charge in [0.1, 0.15) is 17.8 Å². The highest BCUT2D eigenvalue weighted by molar-refractivity contribution is 9.10. The van der Waals surface area contributed by atoms with E-state index in [1.165, 1.54) is 6.33 Å². The van der Waals surface area contributed by atoms with E-state index >= 15 is 0 Å². The standard InChI is InChI=1S/C16H16BrN5O2/c17-12-1-3-13(4-2-12)20-16(24)14-9-15(19-10-18-14)22-7-5-21(11-23)6-8-22/h1-4,9-11H,5-8H2,(H,20,24). The predicted octanol–water partition coefficient (Wildman–Crippen LogP) is 1.77. The van der Waals surface area contributed by atoms with Crippen molar-refractivity contribution >= 4 is 39.8 Å². The summed E-state index contributed by atoms with van der Waals surface area (Å²) < 4.78 is 0.944. The van der Waals surface area contributed by atoms with Crippen LogP contribution in [-0.2, 0) is 4.79 Å². The van der Waals surface area contributed by atoms with Crippen molar-refractivity contribution in [1.29, 1.82) is 0 Å². The Balaban J connectivity index is 1.69. The van der Waals surface area contributed by atoms with Crippen LogP contribution in [0.4, 0.5) is 11.5 Å². The Hall–Kier alpha value is -2.48. The molecule has 1 N–H and O–H groups in total. The molecule has 1 aliphatic heterocycles. The van der Waals surface area contributed by atoms with E-state index in [2.05, 4.69) is 31.2 Å². The normalized spacial score (nSPS) is 14.4. The number of anilines is 2. The fraction of sp³-hybridized carbons (Fsp3) is 0.250. The van der Waals surface area contributed by atoms with E-state index in [-0.39, 0.29) is 5.91 Å². The van der Waals surface area contributed by atoms with Gasteiger partial charge in [0.2, 0.25) is 6.41 Å². The van der Waals surface area contributed by atoms with E-state index in [9.17, 15) is 9.59 Å². The van der Waals surface area contributed by atoms with Gasteiger partial charge in [-0.25, -0.2) is 9.97 Å². The molecule has 0 bridgehead atoms. The summed E-state index contributed by atoms with van der Waals surface area (Å²) in [6, 6.07) is 9.00. The van der Waals surface area contributed by atoms with Crippen LogP contribution in [0.2, 0.25) is 0 Å². The molecule has 0 aliphatic carbocycles. The summed E-state index contributed by atoms with van der Waals surface area (Å²) in [4.78, 5) is 35.2. The molecule has 0 radical (unpaired) electrons. The van der Waals surface area contributed by atoms with Gasteiger partial charge in [-0.05, 0) is 24.3 Å². The van der Waals surface area contributed by atoms with Gasteiger partial charge in [-0.15, -0.1) is 0 Å². The largest absolute Gasteiger partial charge is 0.353 e. The van der Waals surface area contributed by atoms with E-state index in [0.717, 1.165) is 10.9 Å². The van der Waals surface area contributed by atoms with Gasteiger partial charge in [0.15, 0.2) is 0 Å². The minimum atomic E-state index is -0.285. The Morgan fingerprint density at radius 3 is 2.50 bits per heavy atom. The van der Waals surface area contributed by atoms with Gasteiger partial charge in [-0.2, -0.15) is 0 Å². The van der Waals surface area contributed by atoms with E-state index < -0.39 is 0 Å². The number of nitrogens with one attached hydrogen (secondary N) is 1. The quantitative estimate of drug-likeness (QED) is 0.806. The van der Waals surface area contributed by atoms with Gasteiger partial charge in [-0.3, -0.25) is 9.59 Å². The summed E-state index contributed by atoms with van der Waals surface area (Å²) in [6.45, 7) is 2.66. The maximum absolute atomic E-state index is 12.3. The molecule has 24 heavy (non-hydrogen) atoms. The number of aromatic nitrogens is 2. The molecule has 0 saturated carbocycles. The number of halogens is 1. The van der Waals surface area contributed by atoms with Crippen molar-refractivity contribution in [2.24, 2.45) is 0 Å². The summed E-state index contributed by atoms with van der Waals surface area (Å²) in [5.74, 6) is 0.406. The summed E-state index contributed by atoms with van der Waals surface area (Å²) >= 11 is 3.36. The molecular formula is C16H16BrN5O2. The van der Waals surface area contributed by atoms with Crippen molar-refractivity contribution in [3.05, 3.63) is 46.8 Å². The van der Waals surface area contributed by atoms with Gasteiger partial charge >= 0.3 is 0 Å². The van der Waals surface area contributed by atoms with Crippen molar-refractivity contribution in [2.75, 3.05) is 36.4 Å². The maximum atomic E-state index is 12.3. The molecule has 7 nitrogen and oxygen atoms in total. The molecule has 124 valence electrons. The third kappa shape index (κ3) is 3.88. The molecule has 0 unspecified atom stereocenters. The van der Waals surface area contributed by atoms with Gasteiger partial charge in [0.05, 0.1) is 0 Å². The molecule has 2 heterocycles. The van der Waals surface area contributed by atoms with Crippen molar-refractivity contribution < 1.29 is 9.59 Å². The number of benzene rings is 1. The predicted molar refractivity (Wildman–Crippen MR) is 94.0 cm³/mol. The van der Waals surface area contributed by atoms with Crippen molar-refractivity contribution in [3.8, 4) is 0 Å². The van der Waals surface area contributed by atoms with Gasteiger partial charge in [0.25, 0.3) is 5.91 Å². The summed E-state index contributed by atoms with van der Waals surface area (Å²) in [6.07, 6.45) is 2.24. The zero-order chi connectivity index (χ0) is 16.9. The Morgan fingerprint density at radius 2 is 1.83 bits per heavy atom. The molecule has 1 aliphatic rings. The van der Waals surface area contributed by atoms with E-state index in [1.807, 2.05) is 29.2 Å². The van der Waals surface area contributed by atoms with Gasteiger partial charge in [-0.1, -0.05) is 15.9 Å². The monoisotopic (exact) mass is 389 g/mol. The van der Waals surface area contributed by atoms with Gasteiger partial charge in [0, 0.05) is 42.4 Å². The van der Waals surface area contributed by atoms with Crippen LogP contribution in [0.15, 0.2) is 41.1 Å². The first kappa shape index (κ1) is 16.4. The van der Waals surface area contributed by atoms with Crippen LogP contribution in [0.5, 0.6) is 0 Å². The maximum Gasteiger partial charge on any atom is 0.274 e. The lowest BCUT2D eigenvalue weighted by Crippen LogP contribution is -2.46. The Bertz CT molecular complexity index is 730. The van der Waals surface area contributed by atoms with Crippen molar-refractivity contribution in [1.82, 2.24) is 14.9 Å². The first-order valence-electron chi connectivity index (χ1n) is 7.49. The number of amides is 2. The van der Waals surface area contributed by atoms with Crippen LogP contribution in [0.1, 0.15) is 10.5 Å². The lowest BCUT2D eigenvalue weighted by atomic mass is 10.3. The minimum absolute atomic E-state index is 0.285. The lowest BCUT2D eigenvalue weighted by Gasteiger charge is -2.33. The zero-order valence-electron chi connectivity index (χ0n) is 12.9. The number of carbonyl (C=O) groups excluding carboxylic acids is 2. The second kappa shape index (κ2) is 7.39. The fourth-order valence-corrected chi connectivity index (χ4v) is 2.69. The summed E-state index contributed by atoms with van der Waals surface area (Å²) in [5, 5.41) is 2.81. The highest BCUT2D eigenvalue weighted by atomic mass is 79.9. The molecule has 0 atom stereocenters. The first-order valence-corrected chi connectivity index (χ1v) is 8.28. The highest BCUT2D eigenvalue weighted by Gasteiger charge is 2.18. The van der Waals surface area contributed by atoms with Crippen molar-refractivity contribution in [3.63, 3.8) is 0 Å². The number of rotatable bonds is 4. The van der Waals surface area contributed by atoms with E-state index in [4.69, 9.17) is 0 Å². The molecule has 1 aromatic carbocycles. The summed E-state index contributed by atoms with van der Waals surface area (Å²) in [5.41, 5.74) is 1.00. The number of hydrogen-bond acceptors (Lipinski definition) is 5. The molecule has 1 fully saturated rings. The Morgan fingerprint density at radius 1 is 1.12 bits per heavy atom. The molecule has 0 spiro atoms. The Labute approximate surface area is 147 Å². The molecule has 3 rings (SSSR count). The van der Waals surface area contributed by atoms with Crippen LogP contribution < -0.4 is 10.2 Å². The molecule has 8 heteroatoms. The second-order valence-electron chi connectivity index (χ2n) is 5.35. The van der Waals surface area contributed by atoms with Gasteiger partial charge < -0.3 is 15.1 Å². The minimum Gasteiger partial charge on any atom is -0.353 e. The molecule has 2 aromatic rings. The fourth-order valence-electron chi connectivity index (χ4n) is 2.43. The number of nitrogens with zero attached hydrogens (tertiary/aromatic N) is 4. The van der Waals surface area contributed by atoms with E-state index in [0.29, 0.717) is 43.4 Å². The molecule has 1 aromatic heterocycles. The topological polar surface area (TPSA) is 78.4 Å². The lowest BCUT2D eigenvalue weighted by molar-refractivity contribution is -0.118. The van der Waals surface area contributed by atoms with Crippen molar-refractivity contribution in [2.45, 2.75) is 0 Å². The van der Waals surface area contributed by atoms with Crippen LogP contribution in [0.3, 0.4) is 0 Å². The number of hydrogen-bond donors (Lipinski definition) is 1. The van der Waals surface area contributed by atoms with Crippen LogP contribution in [-0.4, -0.2) is 53.4 Å². The van der Waals surface area contributed by atoms with Crippen LogP contribution >= 0.6 is 15.9 Å². The number of piperazine rings is 1. The average Bonchev–Trinajstić information content (AvgIpc) is 2.64. The van der Waals surface area contributed by atoms with Crippen LogP contribution in [0.25, 0.3) is 0 Å². The summed E-state index contributed by atoms with van der Waals surface area (Å²) in [7, 11) is 0. The second-order valence-corrected chi connectivity index (χ2v) is 6.27. The molecule has 2 amide bonds.